The van der Waals surface area contributed by atoms with Gasteiger partial charge in [0.1, 0.15) is 5.69 Å². The maximum absolute atomic E-state index is 11.4. The van der Waals surface area contributed by atoms with E-state index in [2.05, 4.69) is 20.9 Å². The molecule has 0 amide bonds. The van der Waals surface area contributed by atoms with Crippen LogP contribution in [0.2, 0.25) is 0 Å². The highest BCUT2D eigenvalue weighted by molar-refractivity contribution is 9.10. The summed E-state index contributed by atoms with van der Waals surface area (Å²) < 4.78 is 5.83. The predicted octanol–water partition coefficient (Wildman–Crippen LogP) is 3.60. The zero-order valence-electron chi connectivity index (χ0n) is 9.90. The lowest BCUT2D eigenvalue weighted by Gasteiger charge is -1.99. The number of nitrogens with one attached hydrogen (secondary N) is 1. The van der Waals surface area contributed by atoms with E-state index in [-0.39, 0.29) is 5.97 Å². The first-order valence-electron chi connectivity index (χ1n) is 5.09. The molecule has 1 aromatic rings. The largest absolute Gasteiger partial charge is 0.461 e. The van der Waals surface area contributed by atoms with Gasteiger partial charge in [-0.15, -0.1) is 0 Å². The average Bonchev–Trinajstić information content (AvgIpc) is 2.49. The number of halogens is 1. The van der Waals surface area contributed by atoms with Crippen LogP contribution < -0.4 is 0 Å². The fraction of sp³-hybridized carbons (Fsp3) is 0.545. The zero-order chi connectivity index (χ0) is 12.0. The molecule has 1 N–H and O–H groups in total. The van der Waals surface area contributed by atoms with E-state index in [0.717, 1.165) is 15.7 Å². The number of rotatable bonds is 2. The van der Waals surface area contributed by atoms with Gasteiger partial charge in [-0.3, -0.25) is 0 Å². The van der Waals surface area contributed by atoms with Crippen LogP contribution >= 0.6 is 15.9 Å². The zero-order valence-corrected chi connectivity index (χ0v) is 11.5. The van der Waals surface area contributed by atoms with Gasteiger partial charge in [0.15, 0.2) is 0 Å². The van der Waals surface area contributed by atoms with Crippen molar-refractivity contribution in [3.05, 3.63) is 21.4 Å². The summed E-state index contributed by atoms with van der Waals surface area (Å²) >= 11 is 3.38. The first kappa shape index (κ1) is 14.2. The second kappa shape index (κ2) is 6.67. The van der Waals surface area contributed by atoms with Gasteiger partial charge in [-0.1, -0.05) is 13.8 Å². The Hall–Kier alpha value is -0.770. The number of hydrogen-bond acceptors (Lipinski definition) is 2. The highest BCUT2D eigenvalue weighted by Crippen LogP contribution is 2.23. The monoisotopic (exact) mass is 275 g/mol. The number of aromatic nitrogens is 1. The molecule has 1 rings (SSSR count). The summed E-state index contributed by atoms with van der Waals surface area (Å²) in [6.07, 6.45) is 0. The molecule has 0 atom stereocenters. The normalized spacial score (nSPS) is 9.20. The minimum Gasteiger partial charge on any atom is -0.461 e. The summed E-state index contributed by atoms with van der Waals surface area (Å²) in [4.78, 5) is 14.3. The van der Waals surface area contributed by atoms with Crippen LogP contribution in [0, 0.1) is 13.8 Å². The van der Waals surface area contributed by atoms with Crippen molar-refractivity contribution in [3.63, 3.8) is 0 Å². The van der Waals surface area contributed by atoms with Gasteiger partial charge < -0.3 is 9.72 Å². The topological polar surface area (TPSA) is 42.1 Å². The second-order valence-electron chi connectivity index (χ2n) is 2.78. The SMILES string of the molecule is CC.CCOC(=O)c1[nH]c(C)c(Br)c1C. The smallest absolute Gasteiger partial charge is 0.355 e. The van der Waals surface area contributed by atoms with Crippen LogP contribution in [0.25, 0.3) is 0 Å². The summed E-state index contributed by atoms with van der Waals surface area (Å²) in [7, 11) is 0. The number of aryl methyl sites for hydroxylation is 1. The number of hydrogen-bond donors (Lipinski definition) is 1. The lowest BCUT2D eigenvalue weighted by molar-refractivity contribution is 0.0519. The van der Waals surface area contributed by atoms with Crippen molar-refractivity contribution in [1.29, 1.82) is 0 Å². The number of H-pyrrole nitrogens is 1. The lowest BCUT2D eigenvalue weighted by atomic mass is 10.2. The average molecular weight is 276 g/mol. The lowest BCUT2D eigenvalue weighted by Crippen LogP contribution is -2.06. The van der Waals surface area contributed by atoms with E-state index in [0.29, 0.717) is 12.3 Å². The molecular formula is C11H18BrNO2. The van der Waals surface area contributed by atoms with E-state index in [1.165, 1.54) is 0 Å². The minimum absolute atomic E-state index is 0.297. The summed E-state index contributed by atoms with van der Waals surface area (Å²) in [6.45, 7) is 9.96. The summed E-state index contributed by atoms with van der Waals surface area (Å²) in [5.74, 6) is -0.297. The van der Waals surface area contributed by atoms with Gasteiger partial charge in [-0.25, -0.2) is 4.79 Å². The van der Waals surface area contributed by atoms with Crippen LogP contribution in [0.1, 0.15) is 42.5 Å². The van der Waals surface area contributed by atoms with Crippen LogP contribution in [-0.2, 0) is 4.74 Å². The van der Waals surface area contributed by atoms with Crippen molar-refractivity contribution in [2.75, 3.05) is 6.61 Å². The van der Waals surface area contributed by atoms with Crippen molar-refractivity contribution < 1.29 is 9.53 Å². The van der Waals surface area contributed by atoms with E-state index in [1.54, 1.807) is 6.92 Å². The minimum atomic E-state index is -0.297. The molecule has 0 saturated heterocycles. The molecule has 0 radical (unpaired) electrons. The van der Waals surface area contributed by atoms with Gasteiger partial charge in [0.2, 0.25) is 0 Å². The Morgan fingerprint density at radius 2 is 1.93 bits per heavy atom. The molecule has 0 aliphatic heterocycles. The third-order valence-electron chi connectivity index (χ3n) is 1.83. The van der Waals surface area contributed by atoms with Crippen molar-refractivity contribution in [3.8, 4) is 0 Å². The summed E-state index contributed by atoms with van der Waals surface area (Å²) in [6, 6.07) is 0. The summed E-state index contributed by atoms with van der Waals surface area (Å²) in [5, 5.41) is 0. The van der Waals surface area contributed by atoms with Crippen LogP contribution in [0.15, 0.2) is 4.47 Å². The van der Waals surface area contributed by atoms with Crippen molar-refractivity contribution in [2.24, 2.45) is 0 Å². The van der Waals surface area contributed by atoms with E-state index < -0.39 is 0 Å². The molecule has 0 aliphatic carbocycles. The van der Waals surface area contributed by atoms with Gasteiger partial charge in [-0.05, 0) is 42.3 Å². The van der Waals surface area contributed by atoms with Crippen LogP contribution in [0.3, 0.4) is 0 Å². The van der Waals surface area contributed by atoms with Crippen LogP contribution in [0.5, 0.6) is 0 Å². The highest BCUT2D eigenvalue weighted by Gasteiger charge is 2.16. The van der Waals surface area contributed by atoms with Gasteiger partial charge in [0, 0.05) is 10.2 Å². The van der Waals surface area contributed by atoms with Gasteiger partial charge >= 0.3 is 5.97 Å². The molecule has 1 heterocycles. The van der Waals surface area contributed by atoms with E-state index in [9.17, 15) is 4.79 Å². The molecule has 0 spiro atoms. The van der Waals surface area contributed by atoms with E-state index >= 15 is 0 Å². The Balaban J connectivity index is 0.000000921. The van der Waals surface area contributed by atoms with Crippen molar-refractivity contribution in [2.45, 2.75) is 34.6 Å². The molecule has 0 bridgehead atoms. The second-order valence-corrected chi connectivity index (χ2v) is 3.58. The third kappa shape index (κ3) is 3.38. The highest BCUT2D eigenvalue weighted by atomic mass is 79.9. The fourth-order valence-corrected chi connectivity index (χ4v) is 1.43. The number of esters is 1. The molecular weight excluding hydrogens is 258 g/mol. The molecule has 4 heteroatoms. The number of aromatic amines is 1. The Bertz CT molecular complexity index is 332. The first-order valence-corrected chi connectivity index (χ1v) is 5.89. The van der Waals surface area contributed by atoms with Gasteiger partial charge in [0.25, 0.3) is 0 Å². The van der Waals surface area contributed by atoms with Gasteiger partial charge in [0.05, 0.1) is 6.61 Å². The Kier molecular flexibility index (Phi) is 6.32. The molecule has 15 heavy (non-hydrogen) atoms. The van der Waals surface area contributed by atoms with Crippen LogP contribution in [0.4, 0.5) is 0 Å². The number of carbonyl (C=O) groups excluding carboxylic acids is 1. The number of ether oxygens (including phenoxy) is 1. The summed E-state index contributed by atoms with van der Waals surface area (Å²) in [5.41, 5.74) is 2.38. The maximum atomic E-state index is 11.4. The quantitative estimate of drug-likeness (QED) is 0.838. The Morgan fingerprint density at radius 3 is 2.27 bits per heavy atom. The standard InChI is InChI=1S/C9H12BrNO2.C2H6/c1-4-13-9(12)8-5(2)7(10)6(3)11-8;1-2/h11H,4H2,1-3H3;1-2H3. The first-order chi connectivity index (χ1) is 7.07. The van der Waals surface area contributed by atoms with E-state index in [1.807, 2.05) is 27.7 Å². The molecule has 0 saturated carbocycles. The molecule has 0 aromatic carbocycles. The third-order valence-corrected chi connectivity index (χ3v) is 3.02. The van der Waals surface area contributed by atoms with Gasteiger partial charge in [-0.2, -0.15) is 0 Å². The predicted molar refractivity (Wildman–Crippen MR) is 65.3 cm³/mol. The van der Waals surface area contributed by atoms with Crippen LogP contribution in [-0.4, -0.2) is 17.6 Å². The molecule has 0 unspecified atom stereocenters. The molecule has 1 aromatic heterocycles. The molecule has 0 aliphatic rings. The number of carbonyl (C=O) groups is 1. The van der Waals surface area contributed by atoms with E-state index in [4.69, 9.17) is 4.74 Å². The Morgan fingerprint density at radius 1 is 1.40 bits per heavy atom. The fourth-order valence-electron chi connectivity index (χ4n) is 1.13. The molecule has 3 nitrogen and oxygen atoms in total. The van der Waals surface area contributed by atoms with Crippen molar-refractivity contribution >= 4 is 21.9 Å². The Labute approximate surface area is 99.3 Å². The molecule has 0 fully saturated rings. The molecule has 86 valence electrons. The van der Waals surface area contributed by atoms with Crippen molar-refractivity contribution in [1.82, 2.24) is 4.98 Å². The maximum Gasteiger partial charge on any atom is 0.355 e.